The Labute approximate surface area is 125 Å². The smallest absolute Gasteiger partial charge is 0.249 e. The Morgan fingerprint density at radius 2 is 1.95 bits per heavy atom. The topological polar surface area (TPSA) is 49.4 Å². The van der Waals surface area contributed by atoms with Crippen LogP contribution in [-0.4, -0.2) is 29.8 Å². The van der Waals surface area contributed by atoms with E-state index in [1.54, 1.807) is 0 Å². The first-order valence-electron chi connectivity index (χ1n) is 7.78. The first-order chi connectivity index (χ1) is 10.1. The zero-order valence-electron chi connectivity index (χ0n) is 12.4. The molecule has 0 radical (unpaired) electrons. The van der Waals surface area contributed by atoms with Gasteiger partial charge >= 0.3 is 0 Å². The van der Waals surface area contributed by atoms with Crippen molar-refractivity contribution in [2.75, 3.05) is 13.1 Å². The third-order valence-electron chi connectivity index (χ3n) is 4.54. The van der Waals surface area contributed by atoms with Crippen LogP contribution in [0, 0.1) is 11.8 Å². The van der Waals surface area contributed by atoms with Crippen molar-refractivity contribution in [3.05, 3.63) is 35.9 Å². The van der Waals surface area contributed by atoms with Gasteiger partial charge in [0.05, 0.1) is 0 Å². The van der Waals surface area contributed by atoms with E-state index in [0.717, 1.165) is 18.0 Å². The molecule has 2 fully saturated rings. The van der Waals surface area contributed by atoms with Crippen LogP contribution in [0.4, 0.5) is 0 Å². The van der Waals surface area contributed by atoms with Gasteiger partial charge in [-0.2, -0.15) is 0 Å². The van der Waals surface area contributed by atoms with Crippen molar-refractivity contribution in [3.63, 3.8) is 0 Å². The van der Waals surface area contributed by atoms with Gasteiger partial charge in [0.15, 0.2) is 0 Å². The predicted molar refractivity (Wildman–Crippen MR) is 80.4 cm³/mol. The molecule has 1 aliphatic carbocycles. The minimum absolute atomic E-state index is 0.0274. The maximum Gasteiger partial charge on any atom is 0.249 e. The first kappa shape index (κ1) is 14.1. The van der Waals surface area contributed by atoms with Gasteiger partial charge in [0.25, 0.3) is 0 Å². The highest BCUT2D eigenvalue weighted by molar-refractivity contribution is 5.90. The van der Waals surface area contributed by atoms with Gasteiger partial charge in [0, 0.05) is 19.5 Å². The summed E-state index contributed by atoms with van der Waals surface area (Å²) in [5.74, 6) is 1.27. The van der Waals surface area contributed by atoms with Crippen LogP contribution in [0.3, 0.4) is 0 Å². The number of nitrogens with one attached hydrogen (secondary N) is 1. The second-order valence-electron chi connectivity index (χ2n) is 6.26. The van der Waals surface area contributed by atoms with E-state index < -0.39 is 6.04 Å². The van der Waals surface area contributed by atoms with Gasteiger partial charge in [-0.05, 0) is 30.2 Å². The normalized spacial score (nSPS) is 24.4. The van der Waals surface area contributed by atoms with Crippen molar-refractivity contribution in [1.29, 1.82) is 0 Å². The van der Waals surface area contributed by atoms with Crippen LogP contribution in [0.2, 0.25) is 0 Å². The van der Waals surface area contributed by atoms with Gasteiger partial charge < -0.3 is 10.2 Å². The van der Waals surface area contributed by atoms with Crippen LogP contribution in [0.1, 0.15) is 37.8 Å². The monoisotopic (exact) mass is 286 g/mol. The molecule has 1 N–H and O–H groups in total. The van der Waals surface area contributed by atoms with E-state index in [1.165, 1.54) is 12.8 Å². The molecule has 2 atom stereocenters. The molecule has 3 rings (SSSR count). The second-order valence-corrected chi connectivity index (χ2v) is 6.26. The van der Waals surface area contributed by atoms with Gasteiger partial charge in [-0.1, -0.05) is 37.3 Å². The number of nitrogens with zero attached hydrogens (tertiary/aromatic N) is 1. The maximum atomic E-state index is 12.8. The van der Waals surface area contributed by atoms with Crippen molar-refractivity contribution in [1.82, 2.24) is 10.2 Å². The fourth-order valence-corrected chi connectivity index (χ4v) is 3.04. The Morgan fingerprint density at radius 1 is 1.24 bits per heavy atom. The number of carbonyl (C=O) groups excluding carboxylic acids is 2. The summed E-state index contributed by atoms with van der Waals surface area (Å²) in [6, 6.07) is 8.98. The standard InChI is InChI=1S/C17H22N2O2/c1-12(13-7-8-13)11-19-10-9-15(20)18-16(17(19)21)14-5-3-2-4-6-14/h2-6,12-13,16H,7-11H2,1H3,(H,18,20). The summed E-state index contributed by atoms with van der Waals surface area (Å²) in [6.45, 7) is 3.51. The zero-order chi connectivity index (χ0) is 14.8. The Bertz CT molecular complexity index is 525. The number of benzene rings is 1. The molecular weight excluding hydrogens is 264 g/mol. The minimum atomic E-state index is -0.535. The molecule has 4 heteroatoms. The van der Waals surface area contributed by atoms with Crippen molar-refractivity contribution >= 4 is 11.8 Å². The lowest BCUT2D eigenvalue weighted by molar-refractivity contribution is -0.134. The fourth-order valence-electron chi connectivity index (χ4n) is 3.04. The Hall–Kier alpha value is -1.84. The summed E-state index contributed by atoms with van der Waals surface area (Å²) >= 11 is 0. The lowest BCUT2D eigenvalue weighted by atomic mass is 10.0. The quantitative estimate of drug-likeness (QED) is 0.921. The third-order valence-corrected chi connectivity index (χ3v) is 4.54. The highest BCUT2D eigenvalue weighted by atomic mass is 16.2. The molecule has 1 aliphatic heterocycles. The highest BCUT2D eigenvalue weighted by Crippen LogP contribution is 2.37. The summed E-state index contributed by atoms with van der Waals surface area (Å²) in [6.07, 6.45) is 2.96. The molecule has 112 valence electrons. The predicted octanol–water partition coefficient (Wildman–Crippen LogP) is 2.12. The average Bonchev–Trinajstić information content (AvgIpc) is 3.33. The molecule has 0 aromatic heterocycles. The molecule has 2 amide bonds. The Balaban J connectivity index is 1.78. The number of carbonyl (C=O) groups is 2. The van der Waals surface area contributed by atoms with Crippen LogP contribution in [-0.2, 0) is 9.59 Å². The number of amides is 2. The van der Waals surface area contributed by atoms with Gasteiger partial charge in [-0.15, -0.1) is 0 Å². The van der Waals surface area contributed by atoms with Gasteiger partial charge in [-0.25, -0.2) is 0 Å². The summed E-state index contributed by atoms with van der Waals surface area (Å²) in [5, 5.41) is 2.86. The lowest BCUT2D eigenvalue weighted by Crippen LogP contribution is -2.40. The molecule has 1 saturated carbocycles. The average molecular weight is 286 g/mol. The molecule has 1 aromatic carbocycles. The Morgan fingerprint density at radius 3 is 2.62 bits per heavy atom. The van der Waals surface area contributed by atoms with Crippen molar-refractivity contribution in [2.24, 2.45) is 11.8 Å². The van der Waals surface area contributed by atoms with Gasteiger partial charge in [-0.3, -0.25) is 9.59 Å². The second kappa shape index (κ2) is 5.88. The summed E-state index contributed by atoms with van der Waals surface area (Å²) in [7, 11) is 0. The minimum Gasteiger partial charge on any atom is -0.340 e. The fraction of sp³-hybridized carbons (Fsp3) is 0.529. The van der Waals surface area contributed by atoms with Crippen LogP contribution >= 0.6 is 0 Å². The van der Waals surface area contributed by atoms with E-state index in [1.807, 2.05) is 35.2 Å². The molecule has 21 heavy (non-hydrogen) atoms. The maximum absolute atomic E-state index is 12.8. The summed E-state index contributed by atoms with van der Waals surface area (Å²) in [4.78, 5) is 26.6. The van der Waals surface area contributed by atoms with E-state index in [9.17, 15) is 9.59 Å². The van der Waals surface area contributed by atoms with Crippen LogP contribution in [0.25, 0.3) is 0 Å². The van der Waals surface area contributed by atoms with E-state index >= 15 is 0 Å². The van der Waals surface area contributed by atoms with Crippen molar-refractivity contribution in [2.45, 2.75) is 32.2 Å². The molecule has 2 aliphatic rings. The first-order valence-corrected chi connectivity index (χ1v) is 7.78. The molecule has 0 spiro atoms. The molecule has 4 nitrogen and oxygen atoms in total. The van der Waals surface area contributed by atoms with Gasteiger partial charge in [0.2, 0.25) is 11.8 Å². The molecule has 1 heterocycles. The number of hydrogen-bond acceptors (Lipinski definition) is 2. The number of rotatable bonds is 4. The van der Waals surface area contributed by atoms with Crippen molar-refractivity contribution < 1.29 is 9.59 Å². The highest BCUT2D eigenvalue weighted by Gasteiger charge is 2.34. The largest absolute Gasteiger partial charge is 0.340 e. The number of hydrogen-bond donors (Lipinski definition) is 1. The summed E-state index contributed by atoms with van der Waals surface area (Å²) < 4.78 is 0. The summed E-state index contributed by atoms with van der Waals surface area (Å²) in [5.41, 5.74) is 0.863. The van der Waals surface area contributed by atoms with Crippen LogP contribution in [0.15, 0.2) is 30.3 Å². The van der Waals surface area contributed by atoms with Gasteiger partial charge in [0.1, 0.15) is 6.04 Å². The van der Waals surface area contributed by atoms with Crippen molar-refractivity contribution in [3.8, 4) is 0 Å². The lowest BCUT2D eigenvalue weighted by Gasteiger charge is -2.27. The molecular formula is C17H22N2O2. The molecule has 1 saturated heterocycles. The molecule has 1 aromatic rings. The third kappa shape index (κ3) is 3.26. The molecule has 0 bridgehead atoms. The van der Waals surface area contributed by atoms with Crippen LogP contribution in [0.5, 0.6) is 0 Å². The Kier molecular flexibility index (Phi) is 3.95. The zero-order valence-corrected chi connectivity index (χ0v) is 12.4. The molecule has 2 unspecified atom stereocenters. The van der Waals surface area contributed by atoms with E-state index in [2.05, 4.69) is 12.2 Å². The van der Waals surface area contributed by atoms with E-state index in [4.69, 9.17) is 0 Å². The van der Waals surface area contributed by atoms with Crippen LogP contribution < -0.4 is 5.32 Å². The van der Waals surface area contributed by atoms with E-state index in [0.29, 0.717) is 18.9 Å². The van der Waals surface area contributed by atoms with E-state index in [-0.39, 0.29) is 11.8 Å². The SMILES string of the molecule is CC(CN1CCC(=O)NC(c2ccccc2)C1=O)C1CC1.